The fourth-order valence-corrected chi connectivity index (χ4v) is 6.15. The van der Waals surface area contributed by atoms with E-state index in [1.165, 1.54) is 0 Å². The molecule has 22 heavy (non-hydrogen) atoms. The first-order valence-corrected chi connectivity index (χ1v) is 15.0. The number of rotatable bonds is 3. The summed E-state index contributed by atoms with van der Waals surface area (Å²) in [6.07, 6.45) is -1.69. The first kappa shape index (κ1) is 11.4. The van der Waals surface area contributed by atoms with Crippen molar-refractivity contribution in [3.63, 3.8) is 0 Å². The van der Waals surface area contributed by atoms with Crippen molar-refractivity contribution in [3.8, 4) is 11.3 Å². The van der Waals surface area contributed by atoms with Gasteiger partial charge in [0.15, 0.2) is 0 Å². The maximum atomic E-state index is 8.89. The van der Waals surface area contributed by atoms with E-state index in [-0.39, 0.29) is 5.69 Å². The maximum absolute atomic E-state index is 8.89. The Morgan fingerprint density at radius 3 is 2.27 bits per heavy atom. The van der Waals surface area contributed by atoms with Crippen molar-refractivity contribution in [1.82, 2.24) is 4.98 Å². The Balaban J connectivity index is 2.99. The zero-order chi connectivity index (χ0) is 20.8. The summed E-state index contributed by atoms with van der Waals surface area (Å²) in [4.78, 5) is 4.55. The Morgan fingerprint density at radius 2 is 1.77 bits per heavy atom. The normalized spacial score (nSPS) is 17.1. The topological polar surface area (TPSA) is 12.9 Å². The van der Waals surface area contributed by atoms with Crippen LogP contribution in [0.25, 0.3) is 11.3 Å². The summed E-state index contributed by atoms with van der Waals surface area (Å²) in [5.74, 6) is 6.28. The molecule has 2 rings (SSSR count). The summed E-state index contributed by atoms with van der Waals surface area (Å²) in [6, 6.07) is 11.2. The van der Waals surface area contributed by atoms with Crippen LogP contribution in [0.4, 0.5) is 0 Å². The molecule has 0 saturated heterocycles. The van der Waals surface area contributed by atoms with Gasteiger partial charge in [0.25, 0.3) is 0 Å². The van der Waals surface area contributed by atoms with E-state index in [4.69, 9.17) is 6.85 Å². The molecule has 118 valence electrons. The molecule has 0 radical (unpaired) electrons. The number of hydrogen-bond acceptors (Lipinski definition) is 1. The van der Waals surface area contributed by atoms with Crippen molar-refractivity contribution in [3.05, 3.63) is 47.7 Å². The second-order valence-electron chi connectivity index (χ2n) is 7.77. The summed E-state index contributed by atoms with van der Waals surface area (Å²) in [5, 5.41) is 0. The van der Waals surface area contributed by atoms with Gasteiger partial charge in [0.05, 0.1) is 0 Å². The van der Waals surface area contributed by atoms with Crippen LogP contribution in [0.1, 0.15) is 38.9 Å². The SMILES string of the molecule is [2H]C([2H])([2H])c1nc(-c2ccccc2)cc(C([2H])([2H])C(C)(C)C)[c]1[Ge]([CH3])([CH3])[CH3]. The van der Waals surface area contributed by atoms with Crippen LogP contribution >= 0.6 is 0 Å². The third-order valence-corrected chi connectivity index (χ3v) is 7.56. The molecule has 0 saturated carbocycles. The average Bonchev–Trinajstić information content (AvgIpc) is 2.51. The molecule has 1 nitrogen and oxygen atoms in total. The predicted octanol–water partition coefficient (Wildman–Crippen LogP) is 5.19. The van der Waals surface area contributed by atoms with E-state index in [0.717, 1.165) is 5.56 Å². The van der Waals surface area contributed by atoms with E-state index in [9.17, 15) is 0 Å². The molecule has 0 N–H and O–H groups in total. The van der Waals surface area contributed by atoms with Crippen LogP contribution in [0.3, 0.4) is 0 Å². The predicted molar refractivity (Wildman–Crippen MR) is 101 cm³/mol. The second-order valence-corrected chi connectivity index (χ2v) is 18.3. The molecule has 2 heteroatoms. The van der Waals surface area contributed by atoms with Gasteiger partial charge in [-0.3, -0.25) is 0 Å². The number of benzene rings is 1. The van der Waals surface area contributed by atoms with Crippen molar-refractivity contribution in [2.75, 3.05) is 0 Å². The van der Waals surface area contributed by atoms with Gasteiger partial charge in [0, 0.05) is 0 Å². The van der Waals surface area contributed by atoms with Crippen LogP contribution in [0.15, 0.2) is 36.4 Å². The van der Waals surface area contributed by atoms with Crippen molar-refractivity contribution < 1.29 is 6.85 Å². The molecular weight excluding hydrogens is 327 g/mol. The molecule has 0 unspecified atom stereocenters. The quantitative estimate of drug-likeness (QED) is 0.686. The Bertz CT molecular complexity index is 815. The van der Waals surface area contributed by atoms with Gasteiger partial charge < -0.3 is 0 Å². The third-order valence-electron chi connectivity index (χ3n) is 3.35. The second kappa shape index (κ2) is 6.19. The van der Waals surface area contributed by atoms with Gasteiger partial charge in [0.1, 0.15) is 0 Å². The van der Waals surface area contributed by atoms with Crippen LogP contribution in [0.5, 0.6) is 0 Å². The van der Waals surface area contributed by atoms with E-state index >= 15 is 0 Å². The third kappa shape index (κ3) is 4.22. The summed E-state index contributed by atoms with van der Waals surface area (Å²) in [5.41, 5.74) is 1.18. The zero-order valence-corrected chi connectivity index (χ0v) is 16.5. The van der Waals surface area contributed by atoms with Gasteiger partial charge in [-0.15, -0.1) is 0 Å². The van der Waals surface area contributed by atoms with Gasteiger partial charge in [-0.25, -0.2) is 0 Å². The molecule has 0 fully saturated rings. The molecule has 0 spiro atoms. The van der Waals surface area contributed by atoms with Crippen LogP contribution in [-0.2, 0) is 6.37 Å². The Labute approximate surface area is 145 Å². The molecule has 0 atom stereocenters. The van der Waals surface area contributed by atoms with Gasteiger partial charge >= 0.3 is 145 Å². The number of nitrogens with zero attached hydrogens (tertiary/aromatic N) is 1. The number of aryl methyl sites for hydroxylation is 1. The van der Waals surface area contributed by atoms with Gasteiger partial charge in [-0.1, -0.05) is 0 Å². The fraction of sp³-hybridized carbons (Fsp3) is 0.450. The molecule has 0 aliphatic rings. The van der Waals surface area contributed by atoms with Crippen molar-refractivity contribution in [1.29, 1.82) is 0 Å². The van der Waals surface area contributed by atoms with E-state index < -0.39 is 31.9 Å². The van der Waals surface area contributed by atoms with Crippen LogP contribution in [-0.4, -0.2) is 18.3 Å². The Kier molecular flexibility index (Phi) is 3.22. The Morgan fingerprint density at radius 1 is 1.14 bits per heavy atom. The molecule has 0 bridgehead atoms. The molecule has 0 aliphatic carbocycles. The average molecular weight is 361 g/mol. The molecule has 0 aliphatic heterocycles. The minimum absolute atomic E-state index is 0.0690. The van der Waals surface area contributed by atoms with E-state index in [1.54, 1.807) is 6.07 Å². The molecule has 1 heterocycles. The first-order valence-electron chi connectivity index (χ1n) is 10.2. The summed E-state index contributed by atoms with van der Waals surface area (Å²) in [7, 11) is 0. The molecule has 2 aromatic rings. The van der Waals surface area contributed by atoms with Crippen molar-refractivity contribution in [2.24, 2.45) is 5.41 Å². The standard InChI is InChI=1S/C20H29GeN/c1-15-19(21(5,6)7)17(14-20(2,3)4)13-18(22-15)16-11-9-8-10-12-16/h8-13H,14H2,1-7H3/i1D3,14D2. The Hall–Kier alpha value is -1.09. The summed E-state index contributed by atoms with van der Waals surface area (Å²) in [6.45, 7) is 3.17. The van der Waals surface area contributed by atoms with Gasteiger partial charge in [-0.05, 0) is 0 Å². The fourth-order valence-electron chi connectivity index (χ4n) is 2.56. The number of pyridine rings is 1. The molecule has 1 aromatic heterocycles. The number of aromatic nitrogens is 1. The summed E-state index contributed by atoms with van der Waals surface area (Å²) < 4.78 is 42.7. The van der Waals surface area contributed by atoms with E-state index in [2.05, 4.69) is 22.3 Å². The van der Waals surface area contributed by atoms with Crippen molar-refractivity contribution >= 4 is 17.7 Å². The van der Waals surface area contributed by atoms with E-state index in [0.29, 0.717) is 15.7 Å². The monoisotopic (exact) mass is 362 g/mol. The van der Waals surface area contributed by atoms with Crippen LogP contribution in [0.2, 0.25) is 17.3 Å². The molecule has 1 aromatic carbocycles. The first-order chi connectivity index (χ1) is 12.1. The zero-order valence-electron chi connectivity index (χ0n) is 19.4. The molecule has 0 amide bonds. The van der Waals surface area contributed by atoms with Gasteiger partial charge in [-0.2, -0.15) is 0 Å². The van der Waals surface area contributed by atoms with E-state index in [1.807, 2.05) is 51.1 Å². The molecular formula is C20H29GeN. The van der Waals surface area contributed by atoms with Crippen LogP contribution < -0.4 is 4.40 Å². The number of hydrogen-bond donors (Lipinski definition) is 0. The van der Waals surface area contributed by atoms with Gasteiger partial charge in [0.2, 0.25) is 0 Å². The minimum atomic E-state index is -2.78. The van der Waals surface area contributed by atoms with Crippen LogP contribution in [0, 0.1) is 12.3 Å². The summed E-state index contributed by atoms with van der Waals surface area (Å²) >= 11 is -2.78. The van der Waals surface area contributed by atoms with Crippen molar-refractivity contribution in [2.45, 2.75) is 51.3 Å².